The number of nitrogens with one attached hydrogen (secondary N) is 2. The third kappa shape index (κ3) is 7.88. The van der Waals surface area contributed by atoms with E-state index in [0.717, 1.165) is 5.56 Å². The molecule has 1 heterocycles. The lowest BCUT2D eigenvalue weighted by Crippen LogP contribution is -2.36. The number of ether oxygens (including phenoxy) is 2. The lowest BCUT2D eigenvalue weighted by molar-refractivity contribution is -0.0520. The fraction of sp³-hybridized carbons (Fsp3) is 0.304. The van der Waals surface area contributed by atoms with Crippen molar-refractivity contribution in [1.29, 1.82) is 0 Å². The number of aliphatic imine (C=N–C) groups is 1. The molecule has 2 aromatic carbocycles. The van der Waals surface area contributed by atoms with Crippen molar-refractivity contribution < 1.29 is 22.7 Å². The molecule has 0 spiro atoms. The van der Waals surface area contributed by atoms with Crippen molar-refractivity contribution >= 4 is 29.9 Å². The van der Waals surface area contributed by atoms with Gasteiger partial charge in [-0.1, -0.05) is 30.3 Å². The molecule has 0 unspecified atom stereocenters. The van der Waals surface area contributed by atoms with Gasteiger partial charge in [-0.15, -0.1) is 24.0 Å². The van der Waals surface area contributed by atoms with Gasteiger partial charge < -0.3 is 24.5 Å². The van der Waals surface area contributed by atoms with Gasteiger partial charge in [0.05, 0.1) is 25.4 Å². The molecule has 0 atom stereocenters. The van der Waals surface area contributed by atoms with Gasteiger partial charge in [-0.05, 0) is 32.0 Å². The zero-order chi connectivity index (χ0) is 22.8. The van der Waals surface area contributed by atoms with Gasteiger partial charge in [0.15, 0.2) is 17.5 Å². The quantitative estimate of drug-likeness (QED) is 0.197. The molecule has 0 fully saturated rings. The molecule has 0 saturated carbocycles. The van der Waals surface area contributed by atoms with Crippen molar-refractivity contribution in [2.75, 3.05) is 13.2 Å². The molecule has 3 rings (SSSR count). The minimum atomic E-state index is -2.96. The summed E-state index contributed by atoms with van der Waals surface area (Å²) in [4.78, 5) is 8.97. The molecule has 2 N–H and O–H groups in total. The average Bonchev–Trinajstić information content (AvgIpc) is 3.27. The Morgan fingerprint density at radius 1 is 1.09 bits per heavy atom. The number of oxazole rings is 1. The smallest absolute Gasteiger partial charge is 0.387 e. The van der Waals surface area contributed by atoms with Crippen LogP contribution >= 0.6 is 24.0 Å². The Hall–Kier alpha value is -2.89. The second-order valence-corrected chi connectivity index (χ2v) is 6.61. The lowest BCUT2D eigenvalue weighted by Gasteiger charge is -2.15. The Morgan fingerprint density at radius 2 is 1.88 bits per heavy atom. The molecular formula is C23H27F2IN4O3. The number of guanidine groups is 1. The monoisotopic (exact) mass is 572 g/mol. The largest absolute Gasteiger partial charge is 0.490 e. The Labute approximate surface area is 208 Å². The predicted molar refractivity (Wildman–Crippen MR) is 133 cm³/mol. The van der Waals surface area contributed by atoms with E-state index in [-0.39, 0.29) is 42.0 Å². The maximum atomic E-state index is 12.9. The Kier molecular flexibility index (Phi) is 10.9. The first kappa shape index (κ1) is 26.4. The van der Waals surface area contributed by atoms with Gasteiger partial charge in [0.25, 0.3) is 0 Å². The minimum Gasteiger partial charge on any atom is -0.490 e. The van der Waals surface area contributed by atoms with E-state index < -0.39 is 6.61 Å². The van der Waals surface area contributed by atoms with E-state index in [0.29, 0.717) is 42.8 Å². The number of halogens is 3. The molecule has 0 saturated heterocycles. The first-order valence-electron chi connectivity index (χ1n) is 10.3. The van der Waals surface area contributed by atoms with Gasteiger partial charge in [-0.25, -0.2) is 9.98 Å². The zero-order valence-electron chi connectivity index (χ0n) is 18.4. The van der Waals surface area contributed by atoms with Gasteiger partial charge in [0, 0.05) is 17.7 Å². The summed E-state index contributed by atoms with van der Waals surface area (Å²) in [5.74, 6) is 1.29. The van der Waals surface area contributed by atoms with Crippen molar-refractivity contribution in [3.05, 3.63) is 66.1 Å². The van der Waals surface area contributed by atoms with E-state index in [1.54, 1.807) is 31.4 Å². The summed E-state index contributed by atoms with van der Waals surface area (Å²) in [6, 6.07) is 14.6. The highest BCUT2D eigenvalue weighted by Crippen LogP contribution is 2.33. The van der Waals surface area contributed by atoms with Gasteiger partial charge >= 0.3 is 6.61 Å². The Balaban J connectivity index is 0.00000385. The Morgan fingerprint density at radius 3 is 2.58 bits per heavy atom. The summed E-state index contributed by atoms with van der Waals surface area (Å²) in [6.07, 6.45) is 1.58. The number of rotatable bonds is 10. The second-order valence-electron chi connectivity index (χ2n) is 6.61. The highest BCUT2D eigenvalue weighted by atomic mass is 127. The van der Waals surface area contributed by atoms with Crippen LogP contribution in [0.2, 0.25) is 0 Å². The van der Waals surface area contributed by atoms with Crippen LogP contribution in [0.1, 0.15) is 25.1 Å². The molecule has 33 heavy (non-hydrogen) atoms. The van der Waals surface area contributed by atoms with Crippen LogP contribution in [-0.4, -0.2) is 30.7 Å². The summed E-state index contributed by atoms with van der Waals surface area (Å²) >= 11 is 0. The van der Waals surface area contributed by atoms with E-state index in [2.05, 4.69) is 20.6 Å². The molecular weight excluding hydrogens is 545 g/mol. The second kappa shape index (κ2) is 13.6. The summed E-state index contributed by atoms with van der Waals surface area (Å²) < 4.78 is 41.5. The molecule has 178 valence electrons. The van der Waals surface area contributed by atoms with Gasteiger partial charge in [0.2, 0.25) is 5.89 Å². The highest BCUT2D eigenvalue weighted by molar-refractivity contribution is 14.0. The van der Waals surface area contributed by atoms with Crippen LogP contribution in [0.4, 0.5) is 8.78 Å². The first-order chi connectivity index (χ1) is 15.6. The standard InChI is InChI=1S/C23H26F2N4O3.HI/c1-3-26-23(28-14-18-15-31-21(29-18)16-9-6-5-7-10-16)27-13-17-11-8-12-19(30-4-2)20(17)32-22(24)25;/h5-12,15,22H,3-4,13-14H2,1-2H3,(H2,26,27,28);1H. The minimum absolute atomic E-state index is 0. The van der Waals surface area contributed by atoms with E-state index in [4.69, 9.17) is 13.9 Å². The fourth-order valence-electron chi connectivity index (χ4n) is 2.96. The molecule has 0 bridgehead atoms. The molecule has 7 nitrogen and oxygen atoms in total. The van der Waals surface area contributed by atoms with Gasteiger partial charge in [-0.2, -0.15) is 8.78 Å². The zero-order valence-corrected chi connectivity index (χ0v) is 20.7. The summed E-state index contributed by atoms with van der Waals surface area (Å²) in [5, 5.41) is 6.29. The van der Waals surface area contributed by atoms with Gasteiger partial charge in [0.1, 0.15) is 6.26 Å². The Bertz CT molecular complexity index is 1020. The molecule has 1 aromatic heterocycles. The first-order valence-corrected chi connectivity index (χ1v) is 10.3. The molecule has 0 radical (unpaired) electrons. The van der Waals surface area contributed by atoms with Crippen LogP contribution in [0, 0.1) is 0 Å². The third-order valence-corrected chi connectivity index (χ3v) is 4.33. The number of benzene rings is 2. The van der Waals surface area contributed by atoms with Crippen molar-refractivity contribution in [3.63, 3.8) is 0 Å². The number of hydrogen-bond donors (Lipinski definition) is 2. The van der Waals surface area contributed by atoms with E-state index in [1.807, 2.05) is 37.3 Å². The molecule has 0 aliphatic rings. The van der Waals surface area contributed by atoms with E-state index in [1.165, 1.54) is 0 Å². The van der Waals surface area contributed by atoms with E-state index >= 15 is 0 Å². The third-order valence-electron chi connectivity index (χ3n) is 4.33. The summed E-state index contributed by atoms with van der Waals surface area (Å²) in [5.41, 5.74) is 2.08. The molecule has 10 heteroatoms. The van der Waals surface area contributed by atoms with Crippen LogP contribution in [0.25, 0.3) is 11.5 Å². The van der Waals surface area contributed by atoms with Crippen LogP contribution in [0.5, 0.6) is 11.5 Å². The highest BCUT2D eigenvalue weighted by Gasteiger charge is 2.16. The van der Waals surface area contributed by atoms with Crippen molar-refractivity contribution in [3.8, 4) is 23.0 Å². The lowest BCUT2D eigenvalue weighted by atomic mass is 10.2. The topological polar surface area (TPSA) is 80.9 Å². The summed E-state index contributed by atoms with van der Waals surface area (Å²) in [7, 11) is 0. The van der Waals surface area contributed by atoms with Crippen molar-refractivity contribution in [1.82, 2.24) is 15.6 Å². The van der Waals surface area contributed by atoms with Crippen LogP contribution < -0.4 is 20.1 Å². The maximum Gasteiger partial charge on any atom is 0.387 e. The van der Waals surface area contributed by atoms with E-state index in [9.17, 15) is 8.78 Å². The number of para-hydroxylation sites is 1. The maximum absolute atomic E-state index is 12.9. The van der Waals surface area contributed by atoms with Gasteiger partial charge in [-0.3, -0.25) is 0 Å². The number of hydrogen-bond acceptors (Lipinski definition) is 5. The summed E-state index contributed by atoms with van der Waals surface area (Å²) in [6.45, 7) is 2.20. The number of alkyl halides is 2. The average molecular weight is 572 g/mol. The fourth-order valence-corrected chi connectivity index (χ4v) is 2.96. The van der Waals surface area contributed by atoms with Crippen molar-refractivity contribution in [2.24, 2.45) is 4.99 Å². The van der Waals surface area contributed by atoms with Crippen molar-refractivity contribution in [2.45, 2.75) is 33.5 Å². The molecule has 3 aromatic rings. The van der Waals surface area contributed by atoms with Crippen LogP contribution in [0.15, 0.2) is 64.2 Å². The number of aromatic nitrogens is 1. The molecule has 0 aliphatic heterocycles. The SMILES string of the molecule is CCNC(=NCc1cccc(OCC)c1OC(F)F)NCc1coc(-c2ccccc2)n1.I. The molecule has 0 aliphatic carbocycles. The van der Waals surface area contributed by atoms with Crippen LogP contribution in [0.3, 0.4) is 0 Å². The van der Waals surface area contributed by atoms with Crippen LogP contribution in [-0.2, 0) is 13.1 Å². The normalized spacial score (nSPS) is 11.1. The molecule has 0 amide bonds. The number of nitrogens with zero attached hydrogens (tertiary/aromatic N) is 2. The predicted octanol–water partition coefficient (Wildman–Crippen LogP) is 5.22.